The zero-order valence-electron chi connectivity index (χ0n) is 14.0. The van der Waals surface area contributed by atoms with Crippen LogP contribution in [0.4, 0.5) is 0 Å². The van der Waals surface area contributed by atoms with Gasteiger partial charge in [-0.05, 0) is 24.5 Å². The van der Waals surface area contributed by atoms with Crippen LogP contribution in [0.15, 0.2) is 48.1 Å². The van der Waals surface area contributed by atoms with Crippen molar-refractivity contribution in [2.45, 2.75) is 24.7 Å². The van der Waals surface area contributed by atoms with Gasteiger partial charge in [0.15, 0.2) is 10.6 Å². The van der Waals surface area contributed by atoms with E-state index in [9.17, 15) is 9.59 Å². The molecule has 6 nitrogen and oxygen atoms in total. The van der Waals surface area contributed by atoms with Gasteiger partial charge in [-0.2, -0.15) is 0 Å². The number of nitrogens with zero attached hydrogens (tertiary/aromatic N) is 2. The van der Waals surface area contributed by atoms with Gasteiger partial charge in [0.2, 0.25) is 0 Å². The second-order valence-electron chi connectivity index (χ2n) is 6.19. The van der Waals surface area contributed by atoms with E-state index in [0.29, 0.717) is 46.8 Å². The Morgan fingerprint density at radius 2 is 2.23 bits per heavy atom. The lowest BCUT2D eigenvalue weighted by Gasteiger charge is -2.27. The van der Waals surface area contributed by atoms with Crippen LogP contribution in [-0.2, 0) is 19.5 Å². The van der Waals surface area contributed by atoms with Crippen LogP contribution in [-0.4, -0.2) is 27.7 Å². The molecule has 3 heterocycles. The maximum Gasteiger partial charge on any atom is 0.256 e. The first-order valence-electron chi connectivity index (χ1n) is 8.13. The summed E-state index contributed by atoms with van der Waals surface area (Å²) >= 11 is 4.82. The highest BCUT2D eigenvalue weighted by atomic mass is 79.9. The van der Waals surface area contributed by atoms with Crippen molar-refractivity contribution in [2.75, 3.05) is 12.8 Å². The number of aromatic amines is 1. The predicted octanol–water partition coefficient (Wildman–Crippen LogP) is 2.92. The third kappa shape index (κ3) is 3.24. The Bertz CT molecular complexity index is 1110. The molecular weight excluding hydrogens is 418 g/mol. The molecule has 3 aromatic rings. The molecule has 0 unspecified atom stereocenters. The van der Waals surface area contributed by atoms with Crippen LogP contribution in [0.25, 0.3) is 11.0 Å². The minimum atomic E-state index is -0.0986. The maximum absolute atomic E-state index is 12.8. The first-order chi connectivity index (χ1) is 12.5. The molecule has 0 saturated carbocycles. The minimum absolute atomic E-state index is 0.0388. The molecule has 0 bridgehead atoms. The summed E-state index contributed by atoms with van der Waals surface area (Å²) in [6.07, 6.45) is 4.10. The Morgan fingerprint density at radius 3 is 3.04 bits per heavy atom. The van der Waals surface area contributed by atoms with Gasteiger partial charge in [-0.3, -0.25) is 14.5 Å². The number of H-pyrrole nitrogens is 1. The van der Waals surface area contributed by atoms with Crippen molar-refractivity contribution in [3.05, 3.63) is 66.3 Å². The van der Waals surface area contributed by atoms with Crippen molar-refractivity contribution in [1.29, 1.82) is 0 Å². The van der Waals surface area contributed by atoms with E-state index in [-0.39, 0.29) is 11.0 Å². The van der Waals surface area contributed by atoms with E-state index in [1.54, 1.807) is 12.1 Å². The van der Waals surface area contributed by atoms with Crippen LogP contribution in [0.1, 0.15) is 16.8 Å². The van der Waals surface area contributed by atoms with E-state index in [0.717, 1.165) is 16.7 Å². The molecule has 2 aromatic heterocycles. The third-order valence-electron chi connectivity index (χ3n) is 4.52. The molecule has 26 heavy (non-hydrogen) atoms. The Labute approximate surface area is 161 Å². The Hall–Kier alpha value is -1.90. The first kappa shape index (κ1) is 17.5. The fourth-order valence-electron chi connectivity index (χ4n) is 3.18. The van der Waals surface area contributed by atoms with Gasteiger partial charge in [0.25, 0.3) is 5.56 Å². The molecule has 1 aromatic carbocycles. The number of fused-ring (bicyclic) bond motifs is 2. The summed E-state index contributed by atoms with van der Waals surface area (Å²) in [6, 6.07) is 5.39. The molecule has 1 N–H and O–H groups in total. The summed E-state index contributed by atoms with van der Waals surface area (Å²) < 4.78 is 6.45. The SMILES string of the molecule is CSc1nc2c(c(=O)[nH]1)CN(Cc1coc3ccc(Br)cc3c1=O)CC2. The molecule has 0 aliphatic carbocycles. The first-order valence-corrected chi connectivity index (χ1v) is 10.2. The number of hydrogen-bond donors (Lipinski definition) is 1. The van der Waals surface area contributed by atoms with Crippen molar-refractivity contribution >= 4 is 38.7 Å². The van der Waals surface area contributed by atoms with Crippen LogP contribution in [0, 0.1) is 0 Å². The van der Waals surface area contributed by atoms with Crippen LogP contribution < -0.4 is 11.0 Å². The van der Waals surface area contributed by atoms with E-state index in [2.05, 4.69) is 30.8 Å². The van der Waals surface area contributed by atoms with Gasteiger partial charge in [-0.15, -0.1) is 0 Å². The monoisotopic (exact) mass is 433 g/mol. The lowest BCUT2D eigenvalue weighted by Crippen LogP contribution is -2.36. The molecule has 1 aliphatic rings. The molecule has 8 heteroatoms. The normalized spacial score (nSPS) is 14.5. The topological polar surface area (TPSA) is 79.2 Å². The molecule has 0 atom stereocenters. The zero-order chi connectivity index (χ0) is 18.3. The third-order valence-corrected chi connectivity index (χ3v) is 5.59. The molecule has 134 valence electrons. The average Bonchev–Trinajstić information content (AvgIpc) is 2.64. The van der Waals surface area contributed by atoms with Crippen LogP contribution in [0.5, 0.6) is 0 Å². The highest BCUT2D eigenvalue weighted by molar-refractivity contribution is 9.10. The van der Waals surface area contributed by atoms with Gasteiger partial charge in [-0.1, -0.05) is 27.7 Å². The lowest BCUT2D eigenvalue weighted by atomic mass is 10.1. The zero-order valence-corrected chi connectivity index (χ0v) is 16.4. The Kier molecular flexibility index (Phi) is 4.73. The summed E-state index contributed by atoms with van der Waals surface area (Å²) in [5.41, 5.74) is 2.55. The maximum atomic E-state index is 12.8. The molecular formula is C18H16BrN3O3S. The molecule has 1 aliphatic heterocycles. The van der Waals surface area contributed by atoms with E-state index >= 15 is 0 Å². The number of rotatable bonds is 3. The van der Waals surface area contributed by atoms with Crippen molar-refractivity contribution in [3.63, 3.8) is 0 Å². The van der Waals surface area contributed by atoms with E-state index < -0.39 is 0 Å². The van der Waals surface area contributed by atoms with Crippen molar-refractivity contribution in [1.82, 2.24) is 14.9 Å². The summed E-state index contributed by atoms with van der Waals surface area (Å²) in [4.78, 5) is 34.4. The number of thioether (sulfide) groups is 1. The largest absolute Gasteiger partial charge is 0.464 e. The van der Waals surface area contributed by atoms with Crippen LogP contribution in [0.2, 0.25) is 0 Å². The Morgan fingerprint density at radius 1 is 1.38 bits per heavy atom. The smallest absolute Gasteiger partial charge is 0.256 e. The fraction of sp³-hybridized carbons (Fsp3) is 0.278. The van der Waals surface area contributed by atoms with Gasteiger partial charge >= 0.3 is 0 Å². The van der Waals surface area contributed by atoms with Gasteiger partial charge < -0.3 is 9.40 Å². The molecule has 0 saturated heterocycles. The number of aromatic nitrogens is 2. The van der Waals surface area contributed by atoms with Crippen molar-refractivity contribution in [2.24, 2.45) is 0 Å². The summed E-state index contributed by atoms with van der Waals surface area (Å²) in [6.45, 7) is 1.66. The van der Waals surface area contributed by atoms with Crippen molar-refractivity contribution in [3.8, 4) is 0 Å². The highest BCUT2D eigenvalue weighted by Crippen LogP contribution is 2.20. The minimum Gasteiger partial charge on any atom is -0.464 e. The number of benzene rings is 1. The summed E-state index contributed by atoms with van der Waals surface area (Å²) in [5, 5.41) is 1.20. The van der Waals surface area contributed by atoms with Crippen LogP contribution in [0.3, 0.4) is 0 Å². The second kappa shape index (κ2) is 7.02. The van der Waals surface area contributed by atoms with E-state index in [1.165, 1.54) is 18.0 Å². The van der Waals surface area contributed by atoms with E-state index in [4.69, 9.17) is 4.42 Å². The van der Waals surface area contributed by atoms with Crippen molar-refractivity contribution < 1.29 is 4.42 Å². The van der Waals surface area contributed by atoms with Gasteiger partial charge in [-0.25, -0.2) is 4.98 Å². The number of nitrogens with one attached hydrogen (secondary N) is 1. The fourth-order valence-corrected chi connectivity index (χ4v) is 3.94. The average molecular weight is 434 g/mol. The summed E-state index contributed by atoms with van der Waals surface area (Å²) in [5.74, 6) is 0. The molecule has 0 spiro atoms. The number of hydrogen-bond acceptors (Lipinski definition) is 6. The molecule has 0 amide bonds. The van der Waals surface area contributed by atoms with E-state index in [1.807, 2.05) is 12.3 Å². The second-order valence-corrected chi connectivity index (χ2v) is 7.90. The standard InChI is InChI=1S/C18H16BrN3O3S/c1-26-18-20-14-4-5-22(8-13(14)17(24)21-18)7-10-9-25-15-3-2-11(19)6-12(15)16(10)23/h2-3,6,9H,4-5,7-8H2,1H3,(H,20,21,24). The molecule has 0 fully saturated rings. The lowest BCUT2D eigenvalue weighted by molar-refractivity contribution is 0.238. The van der Waals surface area contributed by atoms with Gasteiger partial charge in [0.05, 0.1) is 22.9 Å². The number of halogens is 1. The van der Waals surface area contributed by atoms with Gasteiger partial charge in [0.1, 0.15) is 5.58 Å². The molecule has 0 radical (unpaired) electrons. The van der Waals surface area contributed by atoms with Crippen LogP contribution >= 0.6 is 27.7 Å². The highest BCUT2D eigenvalue weighted by Gasteiger charge is 2.22. The quantitative estimate of drug-likeness (QED) is 0.505. The summed E-state index contributed by atoms with van der Waals surface area (Å²) in [7, 11) is 0. The molecule has 4 rings (SSSR count). The van der Waals surface area contributed by atoms with Gasteiger partial charge in [0, 0.05) is 36.1 Å². The predicted molar refractivity (Wildman–Crippen MR) is 105 cm³/mol. The Balaban J connectivity index is 1.63.